The van der Waals surface area contributed by atoms with Crippen molar-refractivity contribution in [2.24, 2.45) is 0 Å². The Labute approximate surface area is 149 Å². The van der Waals surface area contributed by atoms with Crippen LogP contribution >= 0.6 is 0 Å². The molecule has 2 fully saturated rings. The van der Waals surface area contributed by atoms with E-state index >= 15 is 0 Å². The summed E-state index contributed by atoms with van der Waals surface area (Å²) in [5.41, 5.74) is 0.222. The highest BCUT2D eigenvalue weighted by Crippen LogP contribution is 2.38. The van der Waals surface area contributed by atoms with E-state index in [2.05, 4.69) is 9.64 Å². The molecule has 0 bridgehead atoms. The van der Waals surface area contributed by atoms with Gasteiger partial charge in [-0.05, 0) is 39.8 Å². The van der Waals surface area contributed by atoms with Crippen molar-refractivity contribution in [3.63, 3.8) is 0 Å². The second-order valence-corrected chi connectivity index (χ2v) is 8.69. The molecule has 0 amide bonds. The van der Waals surface area contributed by atoms with Crippen LogP contribution in [0.2, 0.25) is 0 Å². The van der Waals surface area contributed by atoms with E-state index in [-0.39, 0.29) is 17.1 Å². The van der Waals surface area contributed by atoms with E-state index in [4.69, 9.17) is 8.92 Å². The van der Waals surface area contributed by atoms with E-state index in [0.717, 1.165) is 18.7 Å². The number of fused-ring (bicyclic) bond motifs is 1. The Morgan fingerprint density at radius 1 is 1.28 bits per heavy atom. The van der Waals surface area contributed by atoms with Gasteiger partial charge in [-0.1, -0.05) is 17.7 Å². The zero-order chi connectivity index (χ0) is 18.7. The monoisotopic (exact) mass is 371 g/mol. The van der Waals surface area contributed by atoms with Gasteiger partial charge in [-0.25, -0.2) is 0 Å². The van der Waals surface area contributed by atoms with E-state index in [1.165, 1.54) is 0 Å². The summed E-state index contributed by atoms with van der Waals surface area (Å²) in [6.45, 7) is 10.2. The van der Waals surface area contributed by atoms with Gasteiger partial charge in [0.1, 0.15) is 12.2 Å². The molecule has 0 N–H and O–H groups in total. The van der Waals surface area contributed by atoms with Crippen LogP contribution in [0.5, 0.6) is 0 Å². The number of hydrogen-bond acceptors (Lipinski definition) is 7. The Balaban J connectivity index is 0.000000277. The minimum Gasteiger partial charge on any atom is -0.462 e. The molecule has 1 aromatic rings. The summed E-state index contributed by atoms with van der Waals surface area (Å²) in [6, 6.07) is 6.62. The normalized spacial score (nSPS) is 24.7. The van der Waals surface area contributed by atoms with E-state index in [1.54, 1.807) is 24.3 Å². The molecule has 0 aromatic heterocycles. The van der Waals surface area contributed by atoms with E-state index in [1.807, 2.05) is 27.7 Å². The average Bonchev–Trinajstić information content (AvgIpc) is 3.06. The third kappa shape index (κ3) is 5.50. The van der Waals surface area contributed by atoms with Gasteiger partial charge in [-0.2, -0.15) is 8.42 Å². The molecule has 2 unspecified atom stereocenters. The smallest absolute Gasteiger partial charge is 0.297 e. The van der Waals surface area contributed by atoms with Gasteiger partial charge in [-0.15, -0.1) is 0 Å². The number of hydrogen-bond donors (Lipinski definition) is 0. The lowest BCUT2D eigenvalue weighted by Crippen LogP contribution is -2.25. The van der Waals surface area contributed by atoms with Crippen LogP contribution in [0.15, 0.2) is 29.2 Å². The summed E-state index contributed by atoms with van der Waals surface area (Å²) < 4.78 is 39.1. The molecule has 2 aliphatic rings. The Morgan fingerprint density at radius 3 is 2.32 bits per heavy atom. The zero-order valence-electron chi connectivity index (χ0n) is 15.0. The SMILES string of the molecule is CC(C)(C)OC=O.Cc1ccc(S(=O)(=O)OCC23CN2CCO3)cc1. The van der Waals surface area contributed by atoms with Gasteiger partial charge in [-0.3, -0.25) is 13.9 Å². The maximum Gasteiger partial charge on any atom is 0.297 e. The fraction of sp³-hybridized carbons (Fsp3) is 0.588. The molecule has 25 heavy (non-hydrogen) atoms. The van der Waals surface area contributed by atoms with Crippen molar-refractivity contribution in [2.75, 3.05) is 26.3 Å². The highest BCUT2D eigenvalue weighted by molar-refractivity contribution is 7.86. The number of carbonyl (C=O) groups is 1. The lowest BCUT2D eigenvalue weighted by Gasteiger charge is -2.14. The maximum atomic E-state index is 12.0. The minimum atomic E-state index is -3.68. The number of morpholine rings is 1. The molecule has 140 valence electrons. The summed E-state index contributed by atoms with van der Waals surface area (Å²) in [4.78, 5) is 11.9. The third-order valence-electron chi connectivity index (χ3n) is 3.79. The van der Waals surface area contributed by atoms with Crippen LogP contribution in [-0.2, 0) is 28.6 Å². The van der Waals surface area contributed by atoms with Gasteiger partial charge in [0, 0.05) is 13.1 Å². The Kier molecular flexibility index (Phi) is 5.88. The summed E-state index contributed by atoms with van der Waals surface area (Å²) in [5.74, 6) is 0. The van der Waals surface area contributed by atoms with E-state index in [9.17, 15) is 13.2 Å². The van der Waals surface area contributed by atoms with Crippen molar-refractivity contribution >= 4 is 16.6 Å². The van der Waals surface area contributed by atoms with Gasteiger partial charge in [0.05, 0.1) is 11.5 Å². The molecular formula is C17H25NO6S. The largest absolute Gasteiger partial charge is 0.462 e. The maximum absolute atomic E-state index is 12.0. The standard InChI is InChI=1S/C12H15NO4S.C5H10O2/c1-10-2-4-11(5-3-10)18(14,15)17-9-12-8-13(12)6-7-16-12;1-5(2,3)7-4-6/h2-5H,6-9H2,1H3;4H,1-3H3. The van der Waals surface area contributed by atoms with Crippen molar-refractivity contribution in [3.8, 4) is 0 Å². The third-order valence-corrected chi connectivity index (χ3v) is 5.07. The number of rotatable bonds is 5. The average molecular weight is 371 g/mol. The first-order valence-electron chi connectivity index (χ1n) is 8.05. The van der Waals surface area contributed by atoms with Crippen LogP contribution in [0.25, 0.3) is 0 Å². The predicted octanol–water partition coefficient (Wildman–Crippen LogP) is 1.70. The molecule has 0 radical (unpaired) electrons. The fourth-order valence-corrected chi connectivity index (χ4v) is 3.24. The quantitative estimate of drug-likeness (QED) is 0.443. The second-order valence-electron chi connectivity index (χ2n) is 7.07. The predicted molar refractivity (Wildman–Crippen MR) is 91.5 cm³/mol. The molecular weight excluding hydrogens is 346 g/mol. The van der Waals surface area contributed by atoms with Crippen molar-refractivity contribution in [1.29, 1.82) is 0 Å². The van der Waals surface area contributed by atoms with Gasteiger partial charge in [0.15, 0.2) is 5.72 Å². The molecule has 3 rings (SSSR count). The van der Waals surface area contributed by atoms with Crippen molar-refractivity contribution in [3.05, 3.63) is 29.8 Å². The molecule has 1 aromatic carbocycles. The lowest BCUT2D eigenvalue weighted by molar-refractivity contribution is -0.138. The molecule has 8 heteroatoms. The van der Waals surface area contributed by atoms with Crippen LogP contribution in [0.1, 0.15) is 26.3 Å². The molecule has 2 atom stereocenters. The first-order chi connectivity index (χ1) is 11.6. The van der Waals surface area contributed by atoms with Gasteiger partial charge >= 0.3 is 0 Å². The highest BCUT2D eigenvalue weighted by atomic mass is 32.2. The van der Waals surface area contributed by atoms with Crippen molar-refractivity contribution in [2.45, 2.75) is 43.9 Å². The molecule has 0 saturated carbocycles. The molecule has 2 aliphatic heterocycles. The summed E-state index contributed by atoms with van der Waals surface area (Å²) in [7, 11) is -3.68. The Bertz CT molecular complexity index is 695. The van der Waals surface area contributed by atoms with Crippen LogP contribution < -0.4 is 0 Å². The number of ether oxygens (including phenoxy) is 2. The minimum absolute atomic E-state index is 0.0726. The fourth-order valence-electron chi connectivity index (χ4n) is 2.29. The Morgan fingerprint density at radius 2 is 1.92 bits per heavy atom. The van der Waals surface area contributed by atoms with Crippen LogP contribution in [-0.4, -0.2) is 57.4 Å². The first-order valence-corrected chi connectivity index (χ1v) is 9.45. The number of benzene rings is 1. The molecule has 2 saturated heterocycles. The lowest BCUT2D eigenvalue weighted by atomic mass is 10.2. The molecule has 2 heterocycles. The van der Waals surface area contributed by atoms with E-state index < -0.39 is 15.8 Å². The first kappa shape index (κ1) is 19.8. The summed E-state index contributed by atoms with van der Waals surface area (Å²) >= 11 is 0. The van der Waals surface area contributed by atoms with Gasteiger partial charge in [0.2, 0.25) is 0 Å². The van der Waals surface area contributed by atoms with Crippen LogP contribution in [0.3, 0.4) is 0 Å². The number of aryl methyl sites for hydroxylation is 1. The summed E-state index contributed by atoms with van der Waals surface area (Å²) in [6.07, 6.45) is 0. The Hall–Kier alpha value is -1.48. The summed E-state index contributed by atoms with van der Waals surface area (Å²) in [5, 5.41) is 0. The molecule has 0 aliphatic carbocycles. The van der Waals surface area contributed by atoms with Crippen molar-refractivity contribution < 1.29 is 26.9 Å². The van der Waals surface area contributed by atoms with Crippen molar-refractivity contribution in [1.82, 2.24) is 4.90 Å². The van der Waals surface area contributed by atoms with Crippen LogP contribution in [0.4, 0.5) is 0 Å². The van der Waals surface area contributed by atoms with Gasteiger partial charge in [0.25, 0.3) is 16.6 Å². The highest BCUT2D eigenvalue weighted by Gasteiger charge is 2.58. The zero-order valence-corrected chi connectivity index (χ0v) is 15.8. The number of nitrogens with zero attached hydrogens (tertiary/aromatic N) is 1. The van der Waals surface area contributed by atoms with E-state index in [0.29, 0.717) is 13.1 Å². The van der Waals surface area contributed by atoms with Crippen LogP contribution in [0, 0.1) is 6.92 Å². The molecule has 7 nitrogen and oxygen atoms in total. The van der Waals surface area contributed by atoms with Gasteiger partial charge < -0.3 is 9.47 Å². The second kappa shape index (κ2) is 7.41. The number of carbonyl (C=O) groups excluding carboxylic acids is 1. The topological polar surface area (TPSA) is 81.9 Å². The molecule has 0 spiro atoms.